The van der Waals surface area contributed by atoms with Crippen molar-refractivity contribution >= 4 is 5.91 Å². The zero-order valence-electron chi connectivity index (χ0n) is 10.7. The van der Waals surface area contributed by atoms with Crippen molar-refractivity contribution in [1.29, 1.82) is 0 Å². The molecule has 3 nitrogen and oxygen atoms in total. The van der Waals surface area contributed by atoms with Gasteiger partial charge in [-0.25, -0.2) is 0 Å². The van der Waals surface area contributed by atoms with E-state index < -0.39 is 0 Å². The number of carbonyl (C=O) groups is 1. The molecule has 3 heteroatoms. The molecule has 1 aromatic rings. The van der Waals surface area contributed by atoms with E-state index in [1.165, 1.54) is 5.56 Å². The van der Waals surface area contributed by atoms with Gasteiger partial charge >= 0.3 is 0 Å². The highest BCUT2D eigenvalue weighted by Gasteiger charge is 2.00. The van der Waals surface area contributed by atoms with Crippen LogP contribution in [0.5, 0.6) is 5.75 Å². The SMILES string of the molecule is CCCCNC(=O)CCOc1ccc(C)cc1. The molecule has 1 aromatic carbocycles. The molecule has 0 fully saturated rings. The molecule has 0 aliphatic heterocycles. The van der Waals surface area contributed by atoms with E-state index in [9.17, 15) is 4.79 Å². The van der Waals surface area contributed by atoms with Crippen molar-refractivity contribution in [3.63, 3.8) is 0 Å². The zero-order valence-corrected chi connectivity index (χ0v) is 10.7. The minimum atomic E-state index is 0.0607. The minimum Gasteiger partial charge on any atom is -0.493 e. The van der Waals surface area contributed by atoms with Crippen LogP contribution in [0.15, 0.2) is 24.3 Å². The third-order valence-electron chi connectivity index (χ3n) is 2.47. The minimum absolute atomic E-state index is 0.0607. The van der Waals surface area contributed by atoms with E-state index in [-0.39, 0.29) is 5.91 Å². The Kier molecular flexibility index (Phi) is 6.15. The van der Waals surface area contributed by atoms with Crippen LogP contribution in [0.4, 0.5) is 0 Å². The lowest BCUT2D eigenvalue weighted by Crippen LogP contribution is -2.25. The number of aryl methyl sites for hydroxylation is 1. The van der Waals surface area contributed by atoms with Gasteiger partial charge in [-0.05, 0) is 25.5 Å². The van der Waals surface area contributed by atoms with E-state index in [0.717, 1.165) is 25.1 Å². The number of amides is 1. The lowest BCUT2D eigenvalue weighted by molar-refractivity contribution is -0.121. The van der Waals surface area contributed by atoms with Gasteiger partial charge in [-0.2, -0.15) is 0 Å². The maximum atomic E-state index is 11.4. The van der Waals surface area contributed by atoms with Crippen molar-refractivity contribution in [3.8, 4) is 5.75 Å². The van der Waals surface area contributed by atoms with Crippen molar-refractivity contribution < 1.29 is 9.53 Å². The summed E-state index contributed by atoms with van der Waals surface area (Å²) in [5, 5.41) is 2.86. The summed E-state index contributed by atoms with van der Waals surface area (Å²) < 4.78 is 5.48. The van der Waals surface area contributed by atoms with Crippen LogP contribution in [0.3, 0.4) is 0 Å². The van der Waals surface area contributed by atoms with Crippen LogP contribution in [0.2, 0.25) is 0 Å². The Hall–Kier alpha value is -1.51. The van der Waals surface area contributed by atoms with E-state index >= 15 is 0 Å². The molecule has 0 atom stereocenters. The second kappa shape index (κ2) is 7.71. The zero-order chi connectivity index (χ0) is 12.5. The molecule has 1 rings (SSSR count). The van der Waals surface area contributed by atoms with Crippen LogP contribution in [0, 0.1) is 6.92 Å². The van der Waals surface area contributed by atoms with Crippen LogP contribution in [-0.4, -0.2) is 19.1 Å². The highest BCUT2D eigenvalue weighted by atomic mass is 16.5. The fourth-order valence-corrected chi connectivity index (χ4v) is 1.39. The third-order valence-corrected chi connectivity index (χ3v) is 2.47. The summed E-state index contributed by atoms with van der Waals surface area (Å²) in [4.78, 5) is 11.4. The summed E-state index contributed by atoms with van der Waals surface area (Å²) in [6, 6.07) is 7.84. The van der Waals surface area contributed by atoms with Gasteiger partial charge in [0.05, 0.1) is 13.0 Å². The Morgan fingerprint density at radius 3 is 2.65 bits per heavy atom. The van der Waals surface area contributed by atoms with Gasteiger partial charge < -0.3 is 10.1 Å². The second-order valence-electron chi connectivity index (χ2n) is 4.12. The van der Waals surface area contributed by atoms with Gasteiger partial charge in [0.15, 0.2) is 0 Å². The first-order valence-electron chi connectivity index (χ1n) is 6.18. The number of benzene rings is 1. The van der Waals surface area contributed by atoms with E-state index in [1.807, 2.05) is 31.2 Å². The number of hydrogen-bond donors (Lipinski definition) is 1. The second-order valence-corrected chi connectivity index (χ2v) is 4.12. The number of ether oxygens (including phenoxy) is 1. The molecule has 1 amide bonds. The van der Waals surface area contributed by atoms with E-state index in [4.69, 9.17) is 4.74 Å². The van der Waals surface area contributed by atoms with Crippen LogP contribution < -0.4 is 10.1 Å². The van der Waals surface area contributed by atoms with Crippen LogP contribution in [-0.2, 0) is 4.79 Å². The molecule has 0 aromatic heterocycles. The molecule has 0 aliphatic rings. The van der Waals surface area contributed by atoms with Crippen LogP contribution in [0.25, 0.3) is 0 Å². The molecule has 17 heavy (non-hydrogen) atoms. The van der Waals surface area contributed by atoms with E-state index in [1.54, 1.807) is 0 Å². The fraction of sp³-hybridized carbons (Fsp3) is 0.500. The summed E-state index contributed by atoms with van der Waals surface area (Å²) in [7, 11) is 0. The van der Waals surface area contributed by atoms with Crippen molar-refractivity contribution in [2.24, 2.45) is 0 Å². The highest BCUT2D eigenvalue weighted by molar-refractivity contribution is 5.75. The molecular weight excluding hydrogens is 214 g/mol. The Morgan fingerprint density at radius 1 is 1.29 bits per heavy atom. The quantitative estimate of drug-likeness (QED) is 0.738. The van der Waals surface area contributed by atoms with Crippen molar-refractivity contribution in [3.05, 3.63) is 29.8 Å². The van der Waals surface area contributed by atoms with Gasteiger partial charge in [-0.15, -0.1) is 0 Å². The molecule has 0 aliphatic carbocycles. The first kappa shape index (κ1) is 13.6. The molecule has 0 saturated heterocycles. The molecule has 0 radical (unpaired) electrons. The predicted octanol–water partition coefficient (Wildman–Crippen LogP) is 2.68. The van der Waals surface area contributed by atoms with Crippen molar-refractivity contribution in [1.82, 2.24) is 5.32 Å². The monoisotopic (exact) mass is 235 g/mol. The molecule has 0 saturated carbocycles. The third kappa shape index (κ3) is 5.95. The number of rotatable bonds is 7. The summed E-state index contributed by atoms with van der Waals surface area (Å²) in [5.41, 5.74) is 1.20. The predicted molar refractivity (Wildman–Crippen MR) is 69.2 cm³/mol. The Balaban J connectivity index is 2.14. The Labute approximate surface area is 103 Å². The molecule has 0 bridgehead atoms. The lowest BCUT2D eigenvalue weighted by atomic mass is 10.2. The van der Waals surface area contributed by atoms with Crippen LogP contribution in [0.1, 0.15) is 31.7 Å². The highest BCUT2D eigenvalue weighted by Crippen LogP contribution is 2.11. The van der Waals surface area contributed by atoms with Crippen molar-refractivity contribution in [2.45, 2.75) is 33.1 Å². The maximum Gasteiger partial charge on any atom is 0.223 e. The van der Waals surface area contributed by atoms with Gasteiger partial charge in [-0.1, -0.05) is 31.0 Å². The van der Waals surface area contributed by atoms with Gasteiger partial charge in [-0.3, -0.25) is 4.79 Å². The van der Waals surface area contributed by atoms with Crippen LogP contribution >= 0.6 is 0 Å². The molecule has 0 heterocycles. The number of carbonyl (C=O) groups excluding carboxylic acids is 1. The number of nitrogens with one attached hydrogen (secondary N) is 1. The summed E-state index contributed by atoms with van der Waals surface area (Å²) in [6.45, 7) is 5.33. The number of unbranched alkanes of at least 4 members (excludes halogenated alkanes) is 1. The molecule has 0 unspecified atom stereocenters. The number of hydrogen-bond acceptors (Lipinski definition) is 2. The molecule has 1 N–H and O–H groups in total. The molecule has 94 valence electrons. The standard InChI is InChI=1S/C14H21NO2/c1-3-4-10-15-14(16)9-11-17-13-7-5-12(2)6-8-13/h5-8H,3-4,9-11H2,1-2H3,(H,15,16). The fourth-order valence-electron chi connectivity index (χ4n) is 1.39. The summed E-state index contributed by atoms with van der Waals surface area (Å²) in [6.07, 6.45) is 2.54. The maximum absolute atomic E-state index is 11.4. The van der Waals surface area contributed by atoms with Gasteiger partial charge in [0.25, 0.3) is 0 Å². The van der Waals surface area contributed by atoms with E-state index in [0.29, 0.717) is 13.0 Å². The summed E-state index contributed by atoms with van der Waals surface area (Å²) in [5.74, 6) is 0.877. The first-order chi connectivity index (χ1) is 8.22. The van der Waals surface area contributed by atoms with Gasteiger partial charge in [0, 0.05) is 6.54 Å². The summed E-state index contributed by atoms with van der Waals surface area (Å²) >= 11 is 0. The largest absolute Gasteiger partial charge is 0.493 e. The molecular formula is C14H21NO2. The lowest BCUT2D eigenvalue weighted by Gasteiger charge is -2.07. The topological polar surface area (TPSA) is 38.3 Å². The van der Waals surface area contributed by atoms with E-state index in [2.05, 4.69) is 12.2 Å². The van der Waals surface area contributed by atoms with Crippen molar-refractivity contribution in [2.75, 3.05) is 13.2 Å². The average Bonchev–Trinajstić information content (AvgIpc) is 2.32. The first-order valence-corrected chi connectivity index (χ1v) is 6.18. The van der Waals surface area contributed by atoms with Gasteiger partial charge in [0.1, 0.15) is 5.75 Å². The smallest absolute Gasteiger partial charge is 0.223 e. The van der Waals surface area contributed by atoms with Gasteiger partial charge in [0.2, 0.25) is 5.91 Å². The average molecular weight is 235 g/mol. The Morgan fingerprint density at radius 2 is 2.00 bits per heavy atom. The normalized spacial score (nSPS) is 10.0. The molecule has 0 spiro atoms. The Bertz CT molecular complexity index is 333.